The van der Waals surface area contributed by atoms with E-state index >= 15 is 0 Å². The smallest absolute Gasteiger partial charge is 0.220 e. The molecule has 2 aromatic rings. The standard InChI is InChI=1S/C24H26N4O2/c1-16-9-10-18(17(2)13-16)15-26-23(30)12-11-22(29)19(14-25)24-27(3)20-7-5-6-8-21(20)28(24)4/h5-10,13H,11-12,15H2,1-4H3,(H,26,30). The number of benzene rings is 2. The summed E-state index contributed by atoms with van der Waals surface area (Å²) in [5, 5.41) is 12.5. The third kappa shape index (κ3) is 4.20. The SMILES string of the molecule is Cc1ccc(CNC(=O)CCC(=O)C(C#N)=C2N(C)c3ccccc3N2C)c(C)c1. The predicted molar refractivity (Wildman–Crippen MR) is 118 cm³/mol. The molecule has 0 aliphatic carbocycles. The zero-order valence-corrected chi connectivity index (χ0v) is 17.8. The first-order valence-electron chi connectivity index (χ1n) is 9.90. The number of hydrogen-bond donors (Lipinski definition) is 1. The molecule has 6 heteroatoms. The summed E-state index contributed by atoms with van der Waals surface area (Å²) in [7, 11) is 3.66. The van der Waals surface area contributed by atoms with Gasteiger partial charge >= 0.3 is 0 Å². The largest absolute Gasteiger partial charge is 0.352 e. The van der Waals surface area contributed by atoms with E-state index in [-0.39, 0.29) is 30.1 Å². The Morgan fingerprint density at radius 3 is 2.20 bits per heavy atom. The molecule has 154 valence electrons. The Bertz CT molecular complexity index is 1030. The van der Waals surface area contributed by atoms with Gasteiger partial charge in [0.15, 0.2) is 5.78 Å². The zero-order chi connectivity index (χ0) is 21.8. The second kappa shape index (κ2) is 8.83. The van der Waals surface area contributed by atoms with Crippen molar-refractivity contribution in [1.29, 1.82) is 5.26 Å². The third-order valence-electron chi connectivity index (χ3n) is 5.41. The van der Waals surface area contributed by atoms with Gasteiger partial charge in [-0.05, 0) is 37.1 Å². The van der Waals surface area contributed by atoms with Gasteiger partial charge in [0, 0.05) is 33.5 Å². The van der Waals surface area contributed by atoms with Crippen molar-refractivity contribution in [3.63, 3.8) is 0 Å². The molecular weight excluding hydrogens is 376 g/mol. The maximum atomic E-state index is 12.8. The summed E-state index contributed by atoms with van der Waals surface area (Å²) in [5.41, 5.74) is 5.28. The molecule has 0 unspecified atom stereocenters. The van der Waals surface area contributed by atoms with Gasteiger partial charge in [0.2, 0.25) is 5.91 Å². The number of aryl methyl sites for hydroxylation is 2. The van der Waals surface area contributed by atoms with E-state index in [1.807, 2.05) is 80.2 Å². The van der Waals surface area contributed by atoms with Crippen molar-refractivity contribution >= 4 is 23.1 Å². The fourth-order valence-electron chi connectivity index (χ4n) is 3.74. The van der Waals surface area contributed by atoms with E-state index in [1.54, 1.807) is 0 Å². The highest BCUT2D eigenvalue weighted by Gasteiger charge is 2.31. The highest BCUT2D eigenvalue weighted by molar-refractivity contribution is 6.03. The molecule has 0 saturated heterocycles. The minimum Gasteiger partial charge on any atom is -0.352 e. The monoisotopic (exact) mass is 402 g/mol. The summed E-state index contributed by atoms with van der Waals surface area (Å²) in [6.45, 7) is 4.46. The van der Waals surface area contributed by atoms with Gasteiger partial charge in [0.1, 0.15) is 17.5 Å². The molecule has 6 nitrogen and oxygen atoms in total. The molecule has 0 saturated carbocycles. The molecule has 1 amide bonds. The molecule has 0 atom stereocenters. The Kier molecular flexibility index (Phi) is 6.22. The Morgan fingerprint density at radius 1 is 1.00 bits per heavy atom. The number of fused-ring (bicyclic) bond motifs is 1. The number of carbonyl (C=O) groups is 2. The second-order valence-corrected chi connectivity index (χ2v) is 7.55. The third-order valence-corrected chi connectivity index (χ3v) is 5.41. The predicted octanol–water partition coefficient (Wildman–Crippen LogP) is 3.59. The van der Waals surface area contributed by atoms with E-state index in [0.717, 1.165) is 22.5 Å². The summed E-state index contributed by atoms with van der Waals surface area (Å²) in [6, 6.07) is 15.8. The van der Waals surface area contributed by atoms with E-state index in [2.05, 4.69) is 11.4 Å². The summed E-state index contributed by atoms with van der Waals surface area (Å²) in [5.74, 6) is 0.00194. The number of nitrogens with zero attached hydrogens (tertiary/aromatic N) is 3. The molecular formula is C24H26N4O2. The quantitative estimate of drug-likeness (QED) is 0.590. The Hall–Kier alpha value is -3.59. The van der Waals surface area contributed by atoms with Gasteiger partial charge < -0.3 is 15.1 Å². The van der Waals surface area contributed by atoms with Crippen molar-refractivity contribution in [2.75, 3.05) is 23.9 Å². The van der Waals surface area contributed by atoms with Crippen molar-refractivity contribution in [2.45, 2.75) is 33.2 Å². The van der Waals surface area contributed by atoms with Crippen LogP contribution in [-0.2, 0) is 16.1 Å². The molecule has 0 spiro atoms. The van der Waals surface area contributed by atoms with Gasteiger partial charge in [-0.15, -0.1) is 0 Å². The fraction of sp³-hybridized carbons (Fsp3) is 0.292. The Labute approximate surface area is 177 Å². The van der Waals surface area contributed by atoms with Gasteiger partial charge in [-0.2, -0.15) is 5.26 Å². The Morgan fingerprint density at radius 2 is 1.63 bits per heavy atom. The van der Waals surface area contributed by atoms with Crippen molar-refractivity contribution in [2.24, 2.45) is 0 Å². The lowest BCUT2D eigenvalue weighted by Gasteiger charge is -2.19. The maximum absolute atomic E-state index is 12.8. The van der Waals surface area contributed by atoms with E-state index < -0.39 is 0 Å². The first-order chi connectivity index (χ1) is 14.3. The zero-order valence-electron chi connectivity index (χ0n) is 17.8. The van der Waals surface area contributed by atoms with Crippen LogP contribution < -0.4 is 15.1 Å². The van der Waals surface area contributed by atoms with Crippen LogP contribution >= 0.6 is 0 Å². The van der Waals surface area contributed by atoms with Gasteiger partial charge in [0.25, 0.3) is 0 Å². The minimum absolute atomic E-state index is 0.0108. The first-order valence-corrected chi connectivity index (χ1v) is 9.90. The number of ketones is 1. The number of amides is 1. The number of Topliss-reactive ketones (excluding diaryl/α,β-unsaturated/α-hetero) is 1. The van der Waals surface area contributed by atoms with Crippen LogP contribution in [0.5, 0.6) is 0 Å². The van der Waals surface area contributed by atoms with Crippen molar-refractivity contribution < 1.29 is 9.59 Å². The molecule has 1 aliphatic rings. The molecule has 0 fully saturated rings. The number of para-hydroxylation sites is 2. The number of anilines is 2. The number of nitriles is 1. The molecule has 2 aromatic carbocycles. The van der Waals surface area contributed by atoms with E-state index in [9.17, 15) is 14.9 Å². The van der Waals surface area contributed by atoms with Gasteiger partial charge in [-0.1, -0.05) is 35.9 Å². The molecule has 30 heavy (non-hydrogen) atoms. The normalized spacial score (nSPS) is 12.4. The number of nitrogens with one attached hydrogen (secondary N) is 1. The number of hydrogen-bond acceptors (Lipinski definition) is 5. The molecule has 1 N–H and O–H groups in total. The van der Waals surface area contributed by atoms with Crippen LogP contribution in [0, 0.1) is 25.2 Å². The van der Waals surface area contributed by atoms with Crippen LogP contribution in [0.2, 0.25) is 0 Å². The Balaban J connectivity index is 1.64. The number of rotatable bonds is 6. The average molecular weight is 402 g/mol. The van der Waals surface area contributed by atoms with Crippen LogP contribution in [0.1, 0.15) is 29.5 Å². The maximum Gasteiger partial charge on any atom is 0.220 e. The molecule has 0 bridgehead atoms. The van der Waals surface area contributed by atoms with Crippen LogP contribution in [0.15, 0.2) is 53.9 Å². The molecule has 0 aromatic heterocycles. The van der Waals surface area contributed by atoms with E-state index in [1.165, 1.54) is 5.56 Å². The molecule has 1 heterocycles. The molecule has 0 radical (unpaired) electrons. The summed E-state index contributed by atoms with van der Waals surface area (Å²) < 4.78 is 0. The summed E-state index contributed by atoms with van der Waals surface area (Å²) >= 11 is 0. The summed E-state index contributed by atoms with van der Waals surface area (Å²) in [4.78, 5) is 28.7. The van der Waals surface area contributed by atoms with Crippen LogP contribution in [0.3, 0.4) is 0 Å². The van der Waals surface area contributed by atoms with Crippen LogP contribution in [-0.4, -0.2) is 25.8 Å². The lowest BCUT2D eigenvalue weighted by atomic mass is 10.1. The second-order valence-electron chi connectivity index (χ2n) is 7.55. The summed E-state index contributed by atoms with van der Waals surface area (Å²) in [6.07, 6.45) is 0.0334. The number of carbonyl (C=O) groups excluding carboxylic acids is 2. The van der Waals surface area contributed by atoms with Gasteiger partial charge in [-0.25, -0.2) is 0 Å². The topological polar surface area (TPSA) is 76.4 Å². The fourth-order valence-corrected chi connectivity index (χ4v) is 3.74. The molecule has 3 rings (SSSR count). The number of allylic oxidation sites excluding steroid dienone is 1. The molecule has 1 aliphatic heterocycles. The lowest BCUT2D eigenvalue weighted by molar-refractivity contribution is -0.124. The lowest BCUT2D eigenvalue weighted by Crippen LogP contribution is -2.27. The minimum atomic E-state index is -0.333. The van der Waals surface area contributed by atoms with E-state index in [4.69, 9.17) is 0 Å². The highest BCUT2D eigenvalue weighted by atomic mass is 16.2. The van der Waals surface area contributed by atoms with Crippen molar-refractivity contribution in [3.8, 4) is 6.07 Å². The van der Waals surface area contributed by atoms with Crippen molar-refractivity contribution in [3.05, 3.63) is 70.5 Å². The van der Waals surface area contributed by atoms with Crippen LogP contribution in [0.4, 0.5) is 11.4 Å². The average Bonchev–Trinajstić information content (AvgIpc) is 2.98. The van der Waals surface area contributed by atoms with Crippen molar-refractivity contribution in [1.82, 2.24) is 5.32 Å². The van der Waals surface area contributed by atoms with Crippen LogP contribution in [0.25, 0.3) is 0 Å². The van der Waals surface area contributed by atoms with E-state index in [0.29, 0.717) is 12.4 Å². The first kappa shape index (κ1) is 21.1. The van der Waals surface area contributed by atoms with Gasteiger partial charge in [0.05, 0.1) is 11.4 Å². The van der Waals surface area contributed by atoms with Gasteiger partial charge in [-0.3, -0.25) is 9.59 Å². The highest BCUT2D eigenvalue weighted by Crippen LogP contribution is 2.40.